The van der Waals surface area contributed by atoms with Crippen LogP contribution in [-0.2, 0) is 14.3 Å². The lowest BCUT2D eigenvalue weighted by molar-refractivity contribution is -0.196. The van der Waals surface area contributed by atoms with Gasteiger partial charge in [-0.25, -0.2) is 9.59 Å². The Hall–Kier alpha value is -1.44. The van der Waals surface area contributed by atoms with Crippen LogP contribution in [0.3, 0.4) is 0 Å². The van der Waals surface area contributed by atoms with Crippen molar-refractivity contribution in [3.8, 4) is 0 Å². The number of hydrogen-bond donors (Lipinski definition) is 4. The minimum Gasteiger partial charge on any atom is -0.479 e. The van der Waals surface area contributed by atoms with Crippen LogP contribution in [0, 0.1) is 5.92 Å². The molecule has 4 unspecified atom stereocenters. The molecule has 0 aromatic heterocycles. The van der Waals surface area contributed by atoms with E-state index in [2.05, 4.69) is 0 Å². The van der Waals surface area contributed by atoms with Gasteiger partial charge < -0.3 is 25.2 Å². The molecule has 0 heterocycles. The maximum absolute atomic E-state index is 11.5. The Labute approximate surface area is 116 Å². The fraction of sp³-hybridized carbons (Fsp3) is 0.692. The summed E-state index contributed by atoms with van der Waals surface area (Å²) in [6.45, 7) is 3.71. The van der Waals surface area contributed by atoms with Crippen molar-refractivity contribution in [2.45, 2.75) is 50.6 Å². The van der Waals surface area contributed by atoms with Crippen LogP contribution < -0.4 is 0 Å². The van der Waals surface area contributed by atoms with Gasteiger partial charge in [0.15, 0.2) is 5.60 Å². The lowest BCUT2D eigenvalue weighted by atomic mass is 9.79. The number of aliphatic hydroxyl groups is 3. The molecule has 0 aromatic rings. The third-order valence-corrected chi connectivity index (χ3v) is 3.14. The van der Waals surface area contributed by atoms with Gasteiger partial charge in [-0.1, -0.05) is 19.9 Å². The number of carboxylic acid groups (broad SMARTS) is 1. The Morgan fingerprint density at radius 1 is 1.30 bits per heavy atom. The highest BCUT2D eigenvalue weighted by Gasteiger charge is 2.50. The van der Waals surface area contributed by atoms with E-state index in [9.17, 15) is 24.9 Å². The lowest BCUT2D eigenvalue weighted by Crippen LogP contribution is -2.57. The van der Waals surface area contributed by atoms with Gasteiger partial charge in [0, 0.05) is 18.9 Å². The number of aliphatic carboxylic acids is 1. The summed E-state index contributed by atoms with van der Waals surface area (Å²) in [6.07, 6.45) is -2.41. The minimum atomic E-state index is -2.22. The lowest BCUT2D eigenvalue weighted by Gasteiger charge is -2.39. The summed E-state index contributed by atoms with van der Waals surface area (Å²) in [5.74, 6) is -2.16. The predicted molar refractivity (Wildman–Crippen MR) is 67.7 cm³/mol. The summed E-state index contributed by atoms with van der Waals surface area (Å²) in [4.78, 5) is 22.5. The van der Waals surface area contributed by atoms with Gasteiger partial charge in [-0.15, -0.1) is 0 Å². The second kappa shape index (κ2) is 6.34. The number of allylic oxidation sites excluding steroid dienone is 1. The molecule has 20 heavy (non-hydrogen) atoms. The molecule has 1 fully saturated rings. The molecule has 4 atom stereocenters. The summed E-state index contributed by atoms with van der Waals surface area (Å²) in [6, 6.07) is 0. The zero-order valence-electron chi connectivity index (χ0n) is 11.4. The number of carbonyl (C=O) groups is 2. The minimum absolute atomic E-state index is 0.125. The number of aliphatic hydroxyl groups excluding tert-OH is 2. The summed E-state index contributed by atoms with van der Waals surface area (Å²) >= 11 is 0. The molecule has 0 amide bonds. The maximum Gasteiger partial charge on any atom is 0.335 e. The van der Waals surface area contributed by atoms with Crippen molar-refractivity contribution in [1.82, 2.24) is 0 Å². The van der Waals surface area contributed by atoms with Gasteiger partial charge in [0.2, 0.25) is 0 Å². The van der Waals surface area contributed by atoms with E-state index >= 15 is 0 Å². The van der Waals surface area contributed by atoms with E-state index in [-0.39, 0.29) is 5.92 Å². The Morgan fingerprint density at radius 3 is 2.40 bits per heavy atom. The highest BCUT2D eigenvalue weighted by atomic mass is 16.6. The second-order valence-electron chi connectivity index (χ2n) is 5.38. The largest absolute Gasteiger partial charge is 0.479 e. The van der Waals surface area contributed by atoms with Gasteiger partial charge in [0.1, 0.15) is 12.2 Å². The first-order valence-electron chi connectivity index (χ1n) is 6.36. The quantitative estimate of drug-likeness (QED) is 0.404. The summed E-state index contributed by atoms with van der Waals surface area (Å²) < 4.78 is 4.91. The molecule has 1 aliphatic carbocycles. The standard InChI is InChI=1S/C13H20O7/c1-7(2)3-4-10(15)20-9-6-13(19,12(17)18)5-8(14)11(9)16/h3-4,7-9,11,14,16,19H,5-6H2,1-2H3,(H,17,18)/b4-3+. The van der Waals surface area contributed by atoms with Crippen LogP contribution in [0.1, 0.15) is 26.7 Å². The summed E-state index contributed by atoms with van der Waals surface area (Å²) in [7, 11) is 0. The molecule has 4 N–H and O–H groups in total. The maximum atomic E-state index is 11.5. The number of carboxylic acids is 1. The second-order valence-corrected chi connectivity index (χ2v) is 5.38. The van der Waals surface area contributed by atoms with E-state index in [4.69, 9.17) is 9.84 Å². The molecule has 7 nitrogen and oxygen atoms in total. The smallest absolute Gasteiger partial charge is 0.335 e. The van der Waals surface area contributed by atoms with E-state index in [1.807, 2.05) is 13.8 Å². The number of ether oxygens (including phenoxy) is 1. The fourth-order valence-corrected chi connectivity index (χ4v) is 2.00. The van der Waals surface area contributed by atoms with Crippen molar-refractivity contribution < 1.29 is 34.8 Å². The molecule has 0 spiro atoms. The Morgan fingerprint density at radius 2 is 1.90 bits per heavy atom. The van der Waals surface area contributed by atoms with Crippen LogP contribution >= 0.6 is 0 Å². The first kappa shape index (κ1) is 16.6. The van der Waals surface area contributed by atoms with Crippen LogP contribution in [0.2, 0.25) is 0 Å². The van der Waals surface area contributed by atoms with Crippen molar-refractivity contribution in [2.24, 2.45) is 5.92 Å². The third kappa shape index (κ3) is 4.03. The van der Waals surface area contributed by atoms with Gasteiger partial charge in [-0.3, -0.25) is 0 Å². The van der Waals surface area contributed by atoms with Gasteiger partial charge in [-0.2, -0.15) is 0 Å². The molecular weight excluding hydrogens is 268 g/mol. The monoisotopic (exact) mass is 288 g/mol. The van der Waals surface area contributed by atoms with Crippen LogP contribution in [0.5, 0.6) is 0 Å². The highest BCUT2D eigenvalue weighted by molar-refractivity contribution is 5.82. The molecule has 1 aliphatic rings. The van der Waals surface area contributed by atoms with Crippen molar-refractivity contribution in [2.75, 3.05) is 0 Å². The van der Waals surface area contributed by atoms with E-state index < -0.39 is 48.7 Å². The van der Waals surface area contributed by atoms with E-state index in [0.29, 0.717) is 0 Å². The Balaban J connectivity index is 2.77. The van der Waals surface area contributed by atoms with E-state index in [1.54, 1.807) is 6.08 Å². The van der Waals surface area contributed by atoms with Gasteiger partial charge in [0.25, 0.3) is 0 Å². The molecule has 7 heteroatoms. The van der Waals surface area contributed by atoms with Crippen LogP contribution in [-0.4, -0.2) is 56.3 Å². The normalized spacial score (nSPS) is 34.4. The average molecular weight is 288 g/mol. The molecule has 1 saturated carbocycles. The average Bonchev–Trinajstić information content (AvgIpc) is 2.32. The number of rotatable bonds is 4. The third-order valence-electron chi connectivity index (χ3n) is 3.14. The van der Waals surface area contributed by atoms with Crippen molar-refractivity contribution in [3.63, 3.8) is 0 Å². The number of hydrogen-bond acceptors (Lipinski definition) is 6. The highest BCUT2D eigenvalue weighted by Crippen LogP contribution is 2.31. The zero-order chi connectivity index (χ0) is 15.5. The van der Waals surface area contributed by atoms with Crippen molar-refractivity contribution in [3.05, 3.63) is 12.2 Å². The SMILES string of the molecule is CC(C)/C=C/C(=O)OC1CC(O)(C(=O)O)CC(O)C1O. The Kier molecular flexibility index (Phi) is 5.27. The van der Waals surface area contributed by atoms with Crippen LogP contribution in [0.4, 0.5) is 0 Å². The van der Waals surface area contributed by atoms with Crippen LogP contribution in [0.15, 0.2) is 12.2 Å². The van der Waals surface area contributed by atoms with Crippen LogP contribution in [0.25, 0.3) is 0 Å². The van der Waals surface area contributed by atoms with E-state index in [1.165, 1.54) is 0 Å². The topological polar surface area (TPSA) is 124 Å². The number of esters is 1. The van der Waals surface area contributed by atoms with Gasteiger partial charge in [-0.05, 0) is 5.92 Å². The molecular formula is C13H20O7. The van der Waals surface area contributed by atoms with Crippen molar-refractivity contribution in [1.29, 1.82) is 0 Å². The molecule has 1 rings (SSSR count). The van der Waals surface area contributed by atoms with Crippen molar-refractivity contribution >= 4 is 11.9 Å². The molecule has 0 bridgehead atoms. The summed E-state index contributed by atoms with van der Waals surface area (Å²) in [5, 5.41) is 38.1. The fourth-order valence-electron chi connectivity index (χ4n) is 2.00. The summed E-state index contributed by atoms with van der Waals surface area (Å²) in [5.41, 5.74) is -2.22. The molecule has 0 aromatic carbocycles. The molecule has 114 valence electrons. The molecule has 0 aliphatic heterocycles. The van der Waals surface area contributed by atoms with E-state index in [0.717, 1.165) is 6.08 Å². The zero-order valence-corrected chi connectivity index (χ0v) is 11.4. The first-order valence-corrected chi connectivity index (χ1v) is 6.36. The first-order chi connectivity index (χ1) is 9.15. The van der Waals surface area contributed by atoms with Gasteiger partial charge >= 0.3 is 11.9 Å². The molecule has 0 saturated heterocycles. The number of carbonyl (C=O) groups excluding carboxylic acids is 1. The van der Waals surface area contributed by atoms with Gasteiger partial charge in [0.05, 0.1) is 6.10 Å². The molecule has 0 radical (unpaired) electrons. The predicted octanol–water partition coefficient (Wildman–Crippen LogP) is -0.558. The Bertz CT molecular complexity index is 404.